The van der Waals surface area contributed by atoms with Crippen LogP contribution in [0.15, 0.2) is 318 Å². The summed E-state index contributed by atoms with van der Waals surface area (Å²) in [4.78, 5) is 12.7. The van der Waals surface area contributed by atoms with E-state index in [0.29, 0.717) is 23.0 Å². The van der Waals surface area contributed by atoms with Crippen molar-refractivity contribution in [3.05, 3.63) is 291 Å². The van der Waals surface area contributed by atoms with Gasteiger partial charge in [-0.15, -0.1) is 9.03 Å². The summed E-state index contributed by atoms with van der Waals surface area (Å²) in [6.07, 6.45) is 0. The predicted octanol–water partition coefficient (Wildman–Crippen LogP) is 21.2. The summed E-state index contributed by atoms with van der Waals surface area (Å²) in [5.74, 6) is 2.08. The highest BCUT2D eigenvalue weighted by molar-refractivity contribution is 7.79. The van der Waals surface area contributed by atoms with Gasteiger partial charge in [0.2, 0.25) is 0 Å². The van der Waals surface area contributed by atoms with E-state index in [1.807, 2.05) is 18.2 Å². The van der Waals surface area contributed by atoms with Crippen LogP contribution in [0.2, 0.25) is 0 Å². The monoisotopic (exact) mass is 1400 g/mol. The molecule has 0 radical (unpaired) electrons. The lowest BCUT2D eigenvalue weighted by Gasteiger charge is -2.33. The fourth-order valence-corrected chi connectivity index (χ4v) is 26.2. The van der Waals surface area contributed by atoms with Crippen LogP contribution >= 0.6 is 46.0 Å². The van der Waals surface area contributed by atoms with Gasteiger partial charge in [0.05, 0.1) is 0 Å². The Balaban J connectivity index is 0.888. The van der Waals surface area contributed by atoms with E-state index >= 15 is 0 Å². The number of hydrogen-bond acceptors (Lipinski definition) is 23. The van der Waals surface area contributed by atoms with Gasteiger partial charge in [0.15, 0.2) is 0 Å². The maximum absolute atomic E-state index is 12.7. The van der Waals surface area contributed by atoms with Crippen LogP contribution in [-0.2, 0) is 0 Å². The lowest BCUT2D eigenvalue weighted by molar-refractivity contribution is 0.436. The Morgan fingerprint density at radius 1 is 0.177 bits per heavy atom. The highest BCUT2D eigenvalue weighted by atomic mass is 31.3. The van der Waals surface area contributed by atoms with Crippen LogP contribution in [0.1, 0.15) is 0 Å². The maximum atomic E-state index is 12.7. The minimum absolute atomic E-state index is 0.0860. The molecule has 96 heavy (non-hydrogen) atoms. The Kier molecular flexibility index (Phi) is 18.5. The average Bonchev–Trinajstić information content (AvgIpc) is 0.742. The SMILES string of the molecule is Oc1ccc(OP2(Oc3ccc(O)cc3)=NP(Oc3ccc(O)cc3)(Oc3ccc(O)cc3)=NP(Oc3ccc(O)cc3)(Oc3ccc(Oc4ccc(OP5(Oc6ccccc6)=NP(O)(Oc6ccccc6)=NP(Oc6ccccc6)(Oc6ccccc6)=N5)cc4)cc3)=N2)cc1. The minimum Gasteiger partial charge on any atom is -0.508 e. The molecule has 3 atom stereocenters. The molecule has 24 nitrogen and oxygen atoms in total. The Bertz CT molecular complexity index is 4640. The zero-order valence-corrected chi connectivity index (χ0v) is 55.0. The number of para-hydroxylation sites is 4. The lowest BCUT2D eigenvalue weighted by Crippen LogP contribution is -2.11. The minimum atomic E-state index is -4.52. The van der Waals surface area contributed by atoms with Crippen molar-refractivity contribution < 1.29 is 84.9 Å². The number of phenolic OH excluding ortho intramolecular Hbond substituents is 5. The molecule has 2 aliphatic rings. The van der Waals surface area contributed by atoms with Crippen molar-refractivity contribution in [3.8, 4) is 103 Å². The van der Waals surface area contributed by atoms with Crippen molar-refractivity contribution in [1.29, 1.82) is 0 Å². The summed E-state index contributed by atoms with van der Waals surface area (Å²) in [5, 5.41) is 52.0. The normalized spacial score (nSPS) is 18.5. The number of ether oxygens (including phenoxy) is 1. The van der Waals surface area contributed by atoms with E-state index < -0.39 is 46.0 Å². The third-order valence-electron chi connectivity index (χ3n) is 12.9. The third kappa shape index (κ3) is 16.3. The first-order chi connectivity index (χ1) is 46.5. The fourth-order valence-electron chi connectivity index (χ4n) is 8.72. The van der Waals surface area contributed by atoms with Gasteiger partial charge in [0.25, 0.3) is 0 Å². The molecule has 486 valence electrons. The molecule has 0 spiro atoms. The number of phenols is 5. The second kappa shape index (κ2) is 27.7. The van der Waals surface area contributed by atoms with Gasteiger partial charge in [-0.3, -0.25) is 0 Å². The van der Waals surface area contributed by atoms with Gasteiger partial charge in [-0.05, 0) is 218 Å². The first-order valence-electron chi connectivity index (χ1n) is 28.8. The van der Waals surface area contributed by atoms with Crippen LogP contribution in [0, 0.1) is 0 Å². The van der Waals surface area contributed by atoms with Gasteiger partial charge < -0.3 is 84.9 Å². The molecule has 13 rings (SSSR count). The summed E-state index contributed by atoms with van der Waals surface area (Å²) in [6, 6.07) is 75.9. The third-order valence-corrected chi connectivity index (χ3v) is 28.7. The average molecular weight is 1410 g/mol. The molecule has 2 aliphatic heterocycles. The van der Waals surface area contributed by atoms with Crippen LogP contribution in [0.25, 0.3) is 0 Å². The summed E-state index contributed by atoms with van der Waals surface area (Å²) in [5.41, 5.74) is 0. The van der Waals surface area contributed by atoms with Crippen LogP contribution in [0.3, 0.4) is 0 Å². The van der Waals surface area contributed by atoms with E-state index in [2.05, 4.69) is 0 Å². The number of hydrogen-bond donors (Lipinski definition) is 6. The Morgan fingerprint density at radius 2 is 0.344 bits per heavy atom. The molecule has 3 unspecified atom stereocenters. The van der Waals surface area contributed by atoms with E-state index in [-0.39, 0.29) is 80.5 Å². The van der Waals surface area contributed by atoms with E-state index in [1.165, 1.54) is 121 Å². The smallest absolute Gasteiger partial charge is 0.460 e. The quantitative estimate of drug-likeness (QED) is 0.0306. The second-order valence-corrected chi connectivity index (χ2v) is 32.5. The van der Waals surface area contributed by atoms with Gasteiger partial charge in [-0.2, -0.15) is 0 Å². The van der Waals surface area contributed by atoms with Gasteiger partial charge in [-0.1, -0.05) is 90.9 Å². The fraction of sp³-hybridized carbons (Fsp3) is 0. The van der Waals surface area contributed by atoms with Crippen LogP contribution in [-0.4, -0.2) is 30.4 Å². The molecule has 30 heteroatoms. The second-order valence-electron chi connectivity index (χ2n) is 20.3. The van der Waals surface area contributed by atoms with Crippen LogP contribution < -0.4 is 54.5 Å². The zero-order valence-electron chi connectivity index (χ0n) is 49.7. The van der Waals surface area contributed by atoms with Crippen molar-refractivity contribution in [2.45, 2.75) is 0 Å². The molecule has 0 aliphatic carbocycles. The summed E-state index contributed by atoms with van der Waals surface area (Å²) in [7, 11) is -26.3. The number of benzene rings is 11. The van der Waals surface area contributed by atoms with Crippen molar-refractivity contribution in [2.75, 3.05) is 0 Å². The summed E-state index contributed by atoms with van der Waals surface area (Å²) < 4.78 is 110. The molecule has 0 saturated carbocycles. The predicted molar refractivity (Wildman–Crippen MR) is 364 cm³/mol. The molecule has 6 N–H and O–H groups in total. The van der Waals surface area contributed by atoms with Crippen molar-refractivity contribution in [3.63, 3.8) is 0 Å². The molecule has 11 aromatic rings. The largest absolute Gasteiger partial charge is 0.508 e. The Morgan fingerprint density at radius 3 is 0.573 bits per heavy atom. The summed E-state index contributed by atoms with van der Waals surface area (Å²) in [6.45, 7) is 0. The maximum Gasteiger partial charge on any atom is 0.460 e. The first-order valence-corrected chi connectivity index (χ1v) is 38.0. The number of aromatic hydroxyl groups is 5. The van der Waals surface area contributed by atoms with Crippen molar-refractivity contribution >= 4 is 46.0 Å². The molecule has 0 saturated heterocycles. The van der Waals surface area contributed by atoms with Crippen molar-refractivity contribution in [2.24, 2.45) is 27.1 Å². The molecule has 0 amide bonds. The van der Waals surface area contributed by atoms with E-state index in [0.717, 1.165) is 0 Å². The molecular weight excluding hydrogens is 1350 g/mol. The molecular formula is C66H54N6O18P6. The van der Waals surface area contributed by atoms with E-state index in [9.17, 15) is 30.4 Å². The van der Waals surface area contributed by atoms with E-state index in [4.69, 9.17) is 81.6 Å². The van der Waals surface area contributed by atoms with Crippen LogP contribution in [0.5, 0.6) is 103 Å². The van der Waals surface area contributed by atoms with Crippen LogP contribution in [0.4, 0.5) is 0 Å². The Hall–Kier alpha value is -10.6. The molecule has 11 aromatic carbocycles. The Labute approximate surface area is 549 Å². The molecule has 0 fully saturated rings. The number of nitrogens with zero attached hydrogens (tertiary/aromatic N) is 6. The standard InChI is InChI=1S/C66H54N6O18P6/c73-49-21-31-60(32-22-49)85-94(86-61-33-23-50(74)24-34-61)70-95(87-62-35-25-51(75)26-36-62,88-63-37-27-52(76)28-38-63)72-96(71-94,89-64-39-29-53(77)30-40-64)90-66-47-43-55(44-48-66)79-54-41-45-65(46-42-54)84-93(83-59-19-11-4-12-20-59)68-91(78,80-56-13-5-1-6-14-56)67-92(69-93,81-57-15-7-2-8-16-57)82-58-17-9-3-10-18-58/h1-48,73-78H. The highest BCUT2D eigenvalue weighted by Gasteiger charge is 2.50. The highest BCUT2D eigenvalue weighted by Crippen LogP contribution is 2.80. The first kappa shape index (κ1) is 64.1. The lowest BCUT2D eigenvalue weighted by atomic mass is 10.3. The summed E-state index contributed by atoms with van der Waals surface area (Å²) >= 11 is 0. The molecule has 0 bridgehead atoms. The van der Waals surface area contributed by atoms with Gasteiger partial charge in [0, 0.05) is 0 Å². The number of rotatable bonds is 24. The zero-order chi connectivity index (χ0) is 66.1. The van der Waals surface area contributed by atoms with Gasteiger partial charge in [-0.25, -0.2) is 0 Å². The van der Waals surface area contributed by atoms with E-state index in [1.54, 1.807) is 152 Å². The van der Waals surface area contributed by atoms with Gasteiger partial charge in [0.1, 0.15) is 103 Å². The molecule has 0 aromatic heterocycles. The van der Waals surface area contributed by atoms with Crippen molar-refractivity contribution in [1.82, 2.24) is 0 Å². The topological polar surface area (TPSA) is 306 Å². The molecule has 2 heterocycles. The van der Waals surface area contributed by atoms with Gasteiger partial charge >= 0.3 is 46.0 Å².